The van der Waals surface area contributed by atoms with Crippen LogP contribution < -0.4 is 10.2 Å². The lowest BCUT2D eigenvalue weighted by Gasteiger charge is -2.20. The molecule has 1 rings (SSSR count). The van der Waals surface area contributed by atoms with Crippen molar-refractivity contribution >= 4 is 23.2 Å². The van der Waals surface area contributed by atoms with Gasteiger partial charge >= 0.3 is 10.8 Å². The summed E-state index contributed by atoms with van der Waals surface area (Å²) in [5.41, 5.74) is 0.695. The van der Waals surface area contributed by atoms with Crippen molar-refractivity contribution in [1.82, 2.24) is 9.88 Å². The number of hydrogen-bond donors (Lipinski definition) is 2. The minimum absolute atomic E-state index is 0.144. The maximum Gasteiger partial charge on any atom is 0.326 e. The summed E-state index contributed by atoms with van der Waals surface area (Å²) < 4.78 is 1.33. The largest absolute Gasteiger partial charge is 0.480 e. The smallest absolute Gasteiger partial charge is 0.326 e. The van der Waals surface area contributed by atoms with Crippen LogP contribution in [0.4, 0.5) is 0 Å². The molecular formula is C12H18N2O4S. The van der Waals surface area contributed by atoms with Crippen LogP contribution in [0, 0.1) is 12.8 Å². The minimum Gasteiger partial charge on any atom is -0.480 e. The highest BCUT2D eigenvalue weighted by molar-refractivity contribution is 7.07. The van der Waals surface area contributed by atoms with Gasteiger partial charge in [-0.25, -0.2) is 4.79 Å². The average Bonchev–Trinajstić information content (AvgIpc) is 2.66. The van der Waals surface area contributed by atoms with Crippen LogP contribution in [-0.2, 0) is 16.1 Å². The number of hydrogen-bond acceptors (Lipinski definition) is 4. The maximum absolute atomic E-state index is 11.8. The monoisotopic (exact) mass is 286 g/mol. The fourth-order valence-electron chi connectivity index (χ4n) is 1.64. The summed E-state index contributed by atoms with van der Waals surface area (Å²) in [6.07, 6.45) is 0.647. The van der Waals surface area contributed by atoms with Crippen molar-refractivity contribution in [2.24, 2.45) is 5.92 Å². The highest BCUT2D eigenvalue weighted by Crippen LogP contribution is 2.08. The molecule has 0 aliphatic heterocycles. The van der Waals surface area contributed by atoms with E-state index in [1.54, 1.807) is 19.2 Å². The van der Waals surface area contributed by atoms with Crippen molar-refractivity contribution < 1.29 is 14.7 Å². The summed E-state index contributed by atoms with van der Waals surface area (Å²) in [6, 6.07) is -0.924. The van der Waals surface area contributed by atoms with Gasteiger partial charge in [-0.3, -0.25) is 14.2 Å². The van der Waals surface area contributed by atoms with Gasteiger partial charge < -0.3 is 10.4 Å². The van der Waals surface area contributed by atoms with Gasteiger partial charge in [0.05, 0.1) is 0 Å². The van der Waals surface area contributed by atoms with Crippen LogP contribution in [0.1, 0.15) is 26.0 Å². The predicted molar refractivity (Wildman–Crippen MR) is 72.3 cm³/mol. The third kappa shape index (κ3) is 3.92. The second-order valence-electron chi connectivity index (χ2n) is 4.50. The zero-order valence-corrected chi connectivity index (χ0v) is 12.0. The van der Waals surface area contributed by atoms with Gasteiger partial charge in [-0.1, -0.05) is 31.6 Å². The lowest BCUT2D eigenvalue weighted by molar-refractivity contribution is -0.143. The number of thiazole rings is 1. The van der Waals surface area contributed by atoms with Gasteiger partial charge in [0.25, 0.3) is 0 Å². The van der Waals surface area contributed by atoms with Crippen LogP contribution in [-0.4, -0.2) is 27.6 Å². The summed E-state index contributed by atoms with van der Waals surface area (Å²) in [4.78, 5) is 34.2. The van der Waals surface area contributed by atoms with Crippen LogP contribution in [0.3, 0.4) is 0 Å². The van der Waals surface area contributed by atoms with Crippen LogP contribution in [0.15, 0.2) is 10.2 Å². The molecule has 7 heteroatoms. The number of carboxylic acids is 1. The van der Waals surface area contributed by atoms with Crippen LogP contribution in [0.2, 0.25) is 0 Å². The Morgan fingerprint density at radius 2 is 2.16 bits per heavy atom. The van der Waals surface area contributed by atoms with E-state index in [1.807, 2.05) is 6.92 Å². The van der Waals surface area contributed by atoms with Crippen LogP contribution in [0.5, 0.6) is 0 Å². The normalized spacial score (nSPS) is 13.8. The first-order valence-electron chi connectivity index (χ1n) is 6.03. The van der Waals surface area contributed by atoms with Crippen molar-refractivity contribution in [3.8, 4) is 0 Å². The van der Waals surface area contributed by atoms with Gasteiger partial charge in [0.15, 0.2) is 0 Å². The molecule has 1 aromatic rings. The summed E-state index contributed by atoms with van der Waals surface area (Å²) in [5, 5.41) is 13.2. The number of carbonyl (C=O) groups is 2. The van der Waals surface area contributed by atoms with Crippen molar-refractivity contribution in [3.05, 3.63) is 20.7 Å². The van der Waals surface area contributed by atoms with E-state index in [0.717, 1.165) is 11.3 Å². The summed E-state index contributed by atoms with van der Waals surface area (Å²) in [7, 11) is 0. The molecule has 0 aliphatic rings. The van der Waals surface area contributed by atoms with Crippen molar-refractivity contribution in [3.63, 3.8) is 0 Å². The fourth-order valence-corrected chi connectivity index (χ4v) is 2.38. The van der Waals surface area contributed by atoms with E-state index in [2.05, 4.69) is 5.32 Å². The van der Waals surface area contributed by atoms with Gasteiger partial charge in [0, 0.05) is 11.1 Å². The molecular weight excluding hydrogens is 268 g/mol. The minimum atomic E-state index is -1.06. The van der Waals surface area contributed by atoms with Crippen LogP contribution >= 0.6 is 11.3 Å². The van der Waals surface area contributed by atoms with E-state index in [-0.39, 0.29) is 17.3 Å². The standard InChI is InChI=1S/C12H18N2O4S/c1-4-7(2)10(11(16)17)13-9(15)5-14-8(3)6-19-12(14)18/h6-7,10H,4-5H2,1-3H3,(H,13,15)(H,16,17)/t7?,10-/m0/s1. The second kappa shape index (κ2) is 6.51. The molecule has 106 valence electrons. The van der Waals surface area contributed by atoms with E-state index in [0.29, 0.717) is 12.1 Å². The number of carboxylic acid groups (broad SMARTS) is 1. The topological polar surface area (TPSA) is 88.4 Å². The molecule has 1 aromatic heterocycles. The number of nitrogens with one attached hydrogen (secondary N) is 1. The Labute approximate surface area is 115 Å². The van der Waals surface area contributed by atoms with E-state index in [9.17, 15) is 14.4 Å². The van der Waals surface area contributed by atoms with Gasteiger partial charge in [0.2, 0.25) is 5.91 Å². The highest BCUT2D eigenvalue weighted by atomic mass is 32.1. The van der Waals surface area contributed by atoms with Gasteiger partial charge in [-0.05, 0) is 12.8 Å². The van der Waals surface area contributed by atoms with E-state index >= 15 is 0 Å². The Balaban J connectivity index is 2.74. The third-order valence-electron chi connectivity index (χ3n) is 3.07. The first-order valence-corrected chi connectivity index (χ1v) is 6.91. The summed E-state index contributed by atoms with van der Waals surface area (Å²) in [6.45, 7) is 5.21. The summed E-state index contributed by atoms with van der Waals surface area (Å²) >= 11 is 1.02. The molecule has 0 bridgehead atoms. The second-order valence-corrected chi connectivity index (χ2v) is 5.32. The quantitative estimate of drug-likeness (QED) is 0.811. The van der Waals surface area contributed by atoms with Crippen molar-refractivity contribution in [2.45, 2.75) is 39.8 Å². The molecule has 2 N–H and O–H groups in total. The van der Waals surface area contributed by atoms with Crippen molar-refractivity contribution in [1.29, 1.82) is 0 Å². The Morgan fingerprint density at radius 1 is 1.53 bits per heavy atom. The molecule has 1 unspecified atom stereocenters. The van der Waals surface area contributed by atoms with Crippen molar-refractivity contribution in [2.75, 3.05) is 0 Å². The molecule has 19 heavy (non-hydrogen) atoms. The number of aromatic nitrogens is 1. The maximum atomic E-state index is 11.8. The number of nitrogens with zero attached hydrogens (tertiary/aromatic N) is 1. The third-order valence-corrected chi connectivity index (χ3v) is 3.95. The Hall–Kier alpha value is -1.63. The number of aliphatic carboxylic acids is 1. The average molecular weight is 286 g/mol. The Morgan fingerprint density at radius 3 is 2.58 bits per heavy atom. The molecule has 0 saturated carbocycles. The molecule has 1 heterocycles. The molecule has 1 amide bonds. The molecule has 0 spiro atoms. The van der Waals surface area contributed by atoms with Gasteiger partial charge in [0.1, 0.15) is 12.6 Å². The van der Waals surface area contributed by atoms with Gasteiger partial charge in [-0.2, -0.15) is 0 Å². The van der Waals surface area contributed by atoms with E-state index < -0.39 is 17.9 Å². The molecule has 6 nitrogen and oxygen atoms in total. The molecule has 0 fully saturated rings. The predicted octanol–water partition coefficient (Wildman–Crippen LogP) is 0.834. The number of carbonyl (C=O) groups excluding carboxylic acids is 1. The molecule has 0 aliphatic carbocycles. The zero-order chi connectivity index (χ0) is 14.6. The SMILES string of the molecule is CCC(C)[C@H](NC(=O)Cn1c(C)csc1=O)C(=O)O. The van der Waals surface area contributed by atoms with Gasteiger partial charge in [-0.15, -0.1) is 0 Å². The Kier molecular flexibility index (Phi) is 5.29. The molecule has 2 atom stereocenters. The highest BCUT2D eigenvalue weighted by Gasteiger charge is 2.25. The van der Waals surface area contributed by atoms with E-state index in [1.165, 1.54) is 4.57 Å². The molecule has 0 aromatic carbocycles. The lowest BCUT2D eigenvalue weighted by atomic mass is 9.99. The fraction of sp³-hybridized carbons (Fsp3) is 0.583. The van der Waals surface area contributed by atoms with Crippen LogP contribution in [0.25, 0.3) is 0 Å². The number of aryl methyl sites for hydroxylation is 1. The molecule has 0 saturated heterocycles. The molecule has 0 radical (unpaired) electrons. The van der Waals surface area contributed by atoms with E-state index in [4.69, 9.17) is 5.11 Å². The summed E-state index contributed by atoms with van der Waals surface area (Å²) in [5.74, 6) is -1.69. The lowest BCUT2D eigenvalue weighted by Crippen LogP contribution is -2.46. The number of rotatable bonds is 6. The zero-order valence-electron chi connectivity index (χ0n) is 11.2. The number of amides is 1. The first-order chi connectivity index (χ1) is 8.86. The first kappa shape index (κ1) is 15.4. The Bertz CT molecular complexity index is 520.